The second kappa shape index (κ2) is 7.41. The molecule has 1 aromatic carbocycles. The fourth-order valence-corrected chi connectivity index (χ4v) is 3.73. The highest BCUT2D eigenvalue weighted by atomic mass is 79.9. The van der Waals surface area contributed by atoms with Crippen LogP contribution >= 0.6 is 15.9 Å². The summed E-state index contributed by atoms with van der Waals surface area (Å²) in [5, 5.41) is 0. The van der Waals surface area contributed by atoms with Gasteiger partial charge in [-0.05, 0) is 48.8 Å². The number of benzene rings is 1. The van der Waals surface area contributed by atoms with Gasteiger partial charge in [-0.3, -0.25) is 11.3 Å². The van der Waals surface area contributed by atoms with E-state index in [2.05, 4.69) is 52.5 Å². The fraction of sp³-hybridized carbons (Fsp3) is 0.625. The first-order valence-electron chi connectivity index (χ1n) is 7.43. The van der Waals surface area contributed by atoms with E-state index < -0.39 is 0 Å². The molecule has 1 unspecified atom stereocenters. The summed E-state index contributed by atoms with van der Waals surface area (Å²) in [6.45, 7) is 2.31. The molecule has 1 aliphatic carbocycles. The Kier molecular flexibility index (Phi) is 5.86. The Hall–Kier alpha value is -0.380. The third-order valence-corrected chi connectivity index (χ3v) is 5.09. The minimum atomic E-state index is 0.409. The summed E-state index contributed by atoms with van der Waals surface area (Å²) < 4.78 is 1.15. The van der Waals surface area contributed by atoms with Gasteiger partial charge in [0.25, 0.3) is 0 Å². The number of halogens is 1. The van der Waals surface area contributed by atoms with E-state index in [-0.39, 0.29) is 0 Å². The molecular formula is C16H25BrN2. The zero-order chi connectivity index (χ0) is 13.7. The first-order valence-corrected chi connectivity index (χ1v) is 8.22. The number of hydrogen-bond donors (Lipinski definition) is 2. The van der Waals surface area contributed by atoms with Crippen LogP contribution in [0.1, 0.15) is 44.6 Å². The maximum absolute atomic E-state index is 5.79. The van der Waals surface area contributed by atoms with E-state index in [1.165, 1.54) is 37.7 Å². The summed E-state index contributed by atoms with van der Waals surface area (Å²) in [5.41, 5.74) is 4.41. The van der Waals surface area contributed by atoms with Gasteiger partial charge in [0.05, 0.1) is 0 Å². The van der Waals surface area contributed by atoms with Gasteiger partial charge in [-0.15, -0.1) is 0 Å². The van der Waals surface area contributed by atoms with Gasteiger partial charge >= 0.3 is 0 Å². The topological polar surface area (TPSA) is 38.0 Å². The highest BCUT2D eigenvalue weighted by molar-refractivity contribution is 9.10. The Labute approximate surface area is 125 Å². The maximum Gasteiger partial charge on any atom is 0.0279 e. The van der Waals surface area contributed by atoms with Crippen molar-refractivity contribution in [2.24, 2.45) is 17.7 Å². The quantitative estimate of drug-likeness (QED) is 0.633. The summed E-state index contributed by atoms with van der Waals surface area (Å²) in [7, 11) is 0. The van der Waals surface area contributed by atoms with Gasteiger partial charge in [0.1, 0.15) is 0 Å². The molecule has 1 aliphatic rings. The molecule has 3 N–H and O–H groups in total. The number of hydrogen-bond acceptors (Lipinski definition) is 2. The van der Waals surface area contributed by atoms with Crippen LogP contribution in [0.4, 0.5) is 0 Å². The predicted octanol–water partition coefficient (Wildman–Crippen LogP) is 4.04. The summed E-state index contributed by atoms with van der Waals surface area (Å²) >= 11 is 3.54. The molecule has 0 aliphatic heterocycles. The zero-order valence-electron chi connectivity index (χ0n) is 11.7. The highest BCUT2D eigenvalue weighted by Crippen LogP contribution is 2.33. The molecule has 0 bridgehead atoms. The van der Waals surface area contributed by atoms with Crippen LogP contribution < -0.4 is 11.3 Å². The lowest BCUT2D eigenvalue weighted by atomic mass is 9.76. The van der Waals surface area contributed by atoms with Gasteiger partial charge in [-0.25, -0.2) is 0 Å². The summed E-state index contributed by atoms with van der Waals surface area (Å²) in [4.78, 5) is 0. The minimum absolute atomic E-state index is 0.409. The van der Waals surface area contributed by atoms with E-state index in [0.717, 1.165) is 22.7 Å². The molecule has 0 heterocycles. The number of nitrogens with one attached hydrogen (secondary N) is 1. The Bertz CT molecular complexity index is 386. The molecule has 0 aromatic heterocycles. The Morgan fingerprint density at radius 3 is 2.63 bits per heavy atom. The van der Waals surface area contributed by atoms with Gasteiger partial charge in [-0.2, -0.15) is 0 Å². The number of nitrogens with two attached hydrogens (primary N) is 1. The lowest BCUT2D eigenvalue weighted by Gasteiger charge is -2.33. The van der Waals surface area contributed by atoms with Gasteiger partial charge < -0.3 is 0 Å². The van der Waals surface area contributed by atoms with Crippen molar-refractivity contribution >= 4 is 15.9 Å². The molecule has 0 radical (unpaired) electrons. The maximum atomic E-state index is 5.79. The normalized spacial score (nSPS) is 25.2. The molecule has 1 atom stereocenters. The van der Waals surface area contributed by atoms with Crippen molar-refractivity contribution in [1.29, 1.82) is 0 Å². The summed E-state index contributed by atoms with van der Waals surface area (Å²) in [6.07, 6.45) is 7.74. The molecule has 19 heavy (non-hydrogen) atoms. The predicted molar refractivity (Wildman–Crippen MR) is 84.7 cm³/mol. The van der Waals surface area contributed by atoms with Crippen LogP contribution in [0.5, 0.6) is 0 Å². The lowest BCUT2D eigenvalue weighted by molar-refractivity contribution is 0.217. The van der Waals surface area contributed by atoms with Crippen molar-refractivity contribution in [2.45, 2.75) is 51.5 Å². The van der Waals surface area contributed by atoms with Crippen LogP contribution in [-0.2, 0) is 6.42 Å². The molecule has 1 fully saturated rings. The van der Waals surface area contributed by atoms with E-state index in [1.807, 2.05) is 0 Å². The van der Waals surface area contributed by atoms with Crippen molar-refractivity contribution in [3.8, 4) is 0 Å². The second-order valence-electron chi connectivity index (χ2n) is 5.80. The zero-order valence-corrected chi connectivity index (χ0v) is 13.3. The van der Waals surface area contributed by atoms with Crippen LogP contribution in [-0.4, -0.2) is 6.04 Å². The smallest absolute Gasteiger partial charge is 0.0279 e. The van der Waals surface area contributed by atoms with E-state index >= 15 is 0 Å². The lowest BCUT2D eigenvalue weighted by Crippen LogP contribution is -2.43. The van der Waals surface area contributed by atoms with Gasteiger partial charge in [0.15, 0.2) is 0 Å². The molecule has 0 saturated heterocycles. The van der Waals surface area contributed by atoms with Gasteiger partial charge in [-0.1, -0.05) is 54.2 Å². The van der Waals surface area contributed by atoms with Crippen LogP contribution in [0.25, 0.3) is 0 Å². The van der Waals surface area contributed by atoms with Crippen molar-refractivity contribution < 1.29 is 0 Å². The van der Waals surface area contributed by atoms with E-state index in [1.54, 1.807) is 0 Å². The Morgan fingerprint density at radius 2 is 2.05 bits per heavy atom. The van der Waals surface area contributed by atoms with Crippen molar-refractivity contribution in [3.63, 3.8) is 0 Å². The van der Waals surface area contributed by atoms with Crippen LogP contribution in [0.15, 0.2) is 28.7 Å². The highest BCUT2D eigenvalue weighted by Gasteiger charge is 2.26. The van der Waals surface area contributed by atoms with Gasteiger partial charge in [0, 0.05) is 10.5 Å². The van der Waals surface area contributed by atoms with Crippen LogP contribution in [0.2, 0.25) is 0 Å². The number of rotatable bonds is 5. The monoisotopic (exact) mass is 324 g/mol. The molecule has 0 spiro atoms. The Morgan fingerprint density at radius 1 is 1.32 bits per heavy atom. The molecule has 1 aromatic rings. The van der Waals surface area contributed by atoms with E-state index in [4.69, 9.17) is 5.84 Å². The SMILES string of the molecule is CCC1CCC(C(Cc2cccc(Br)c2)NN)CC1. The first-order chi connectivity index (χ1) is 9.22. The van der Waals surface area contributed by atoms with Gasteiger partial charge in [0.2, 0.25) is 0 Å². The van der Waals surface area contributed by atoms with E-state index in [0.29, 0.717) is 6.04 Å². The largest absolute Gasteiger partial charge is 0.271 e. The molecule has 1 saturated carbocycles. The average molecular weight is 325 g/mol. The molecule has 2 nitrogen and oxygen atoms in total. The second-order valence-corrected chi connectivity index (χ2v) is 6.71. The molecule has 2 rings (SSSR count). The molecule has 106 valence electrons. The molecular weight excluding hydrogens is 300 g/mol. The Balaban J connectivity index is 1.93. The van der Waals surface area contributed by atoms with Crippen molar-refractivity contribution in [3.05, 3.63) is 34.3 Å². The summed E-state index contributed by atoms with van der Waals surface area (Å²) in [6, 6.07) is 8.96. The van der Waals surface area contributed by atoms with E-state index in [9.17, 15) is 0 Å². The standard InChI is InChI=1S/C16H25BrN2/c1-2-12-6-8-14(9-7-12)16(19-18)11-13-4-3-5-15(17)10-13/h3-5,10,12,14,16,19H,2,6-9,11,18H2,1H3. The fourth-order valence-electron chi connectivity index (χ4n) is 3.28. The van der Waals surface area contributed by atoms with Crippen molar-refractivity contribution in [1.82, 2.24) is 5.43 Å². The molecule has 0 amide bonds. The first kappa shape index (κ1) is 15.0. The molecule has 3 heteroatoms. The minimum Gasteiger partial charge on any atom is -0.271 e. The average Bonchev–Trinajstić information content (AvgIpc) is 2.45. The summed E-state index contributed by atoms with van der Waals surface area (Å²) in [5.74, 6) is 7.47. The third kappa shape index (κ3) is 4.30. The van der Waals surface area contributed by atoms with Crippen molar-refractivity contribution in [2.75, 3.05) is 0 Å². The third-order valence-electron chi connectivity index (χ3n) is 4.60. The number of hydrazine groups is 1. The van der Waals surface area contributed by atoms with Crippen LogP contribution in [0.3, 0.4) is 0 Å². The van der Waals surface area contributed by atoms with Crippen LogP contribution in [0, 0.1) is 11.8 Å².